The first-order valence-corrected chi connectivity index (χ1v) is 17.8. The highest BCUT2D eigenvalue weighted by Crippen LogP contribution is 2.18. The van der Waals surface area contributed by atoms with E-state index in [1.165, 1.54) is 20.8 Å². The zero-order chi connectivity index (χ0) is 38.1. The van der Waals surface area contributed by atoms with Gasteiger partial charge in [-0.2, -0.15) is 0 Å². The molecule has 0 spiro atoms. The van der Waals surface area contributed by atoms with E-state index in [9.17, 15) is 48.9 Å². The Hall–Kier alpha value is -3.85. The van der Waals surface area contributed by atoms with Crippen molar-refractivity contribution in [2.24, 2.45) is 0 Å². The third-order valence-electron chi connectivity index (χ3n) is 9.66. The summed E-state index contributed by atoms with van der Waals surface area (Å²) in [7, 11) is 0. The van der Waals surface area contributed by atoms with Gasteiger partial charge in [-0.1, -0.05) is 29.8 Å². The molecule has 1 fully saturated rings. The Balaban J connectivity index is 2.56. The molecule has 4 unspecified atom stereocenters. The van der Waals surface area contributed by atoms with Crippen LogP contribution in [0.1, 0.15) is 76.8 Å². The van der Waals surface area contributed by atoms with Crippen LogP contribution in [0.25, 0.3) is 0 Å². The zero-order valence-electron chi connectivity index (χ0n) is 30.5. The van der Waals surface area contributed by atoms with E-state index >= 15 is 0 Å². The molecule has 1 aromatic carbocycles. The number of nitrogens with zero attached hydrogens (tertiary/aromatic N) is 4. The average molecular weight is 717 g/mol. The lowest BCUT2D eigenvalue weighted by Crippen LogP contribution is -2.56. The van der Waals surface area contributed by atoms with Crippen LogP contribution in [0.2, 0.25) is 0 Å². The molecule has 1 heterocycles. The normalized spacial score (nSPS) is 18.4. The summed E-state index contributed by atoms with van der Waals surface area (Å²) in [5.41, 5.74) is 2.05. The number of carboxylic acids is 3. The maximum absolute atomic E-state index is 12.8. The van der Waals surface area contributed by atoms with Crippen molar-refractivity contribution >= 4 is 41.5 Å². The Morgan fingerprint density at radius 3 is 1.24 bits per heavy atom. The first-order chi connectivity index (χ1) is 24.1. The van der Waals surface area contributed by atoms with E-state index in [4.69, 9.17) is 0 Å². The van der Waals surface area contributed by atoms with Gasteiger partial charge in [0, 0.05) is 71.6 Å². The van der Waals surface area contributed by atoms with Gasteiger partial charge in [0.15, 0.2) is 0 Å². The number of rotatable bonds is 20. The molecule has 0 aromatic heterocycles. The average Bonchev–Trinajstić information content (AvgIpc) is 3.04. The molecule has 1 aromatic rings. The smallest absolute Gasteiger partial charge is 0.320 e. The van der Waals surface area contributed by atoms with Crippen LogP contribution >= 0.6 is 0 Å². The lowest BCUT2D eigenvalue weighted by Gasteiger charge is -2.39. The SMILES string of the molecule is CC(=O)CCC(C=O)N1CCN(C(CCC(C)=O)C(=O)O)CCN(C(CCC(C)=O)C(=O)O)CCN(C(CCc2ccc(C)cc2)C(=O)O)CC1. The molecule has 3 N–H and O–H groups in total. The van der Waals surface area contributed by atoms with Gasteiger partial charge in [-0.05, 0) is 65.4 Å². The highest BCUT2D eigenvalue weighted by Gasteiger charge is 2.33. The van der Waals surface area contributed by atoms with Gasteiger partial charge in [0.1, 0.15) is 41.8 Å². The van der Waals surface area contributed by atoms with E-state index in [1.54, 1.807) is 14.7 Å². The molecule has 51 heavy (non-hydrogen) atoms. The number of hydrogen-bond acceptors (Lipinski definition) is 11. The Bertz CT molecular complexity index is 1340. The summed E-state index contributed by atoms with van der Waals surface area (Å²) in [5.74, 6) is -3.76. The van der Waals surface area contributed by atoms with Crippen LogP contribution in [0.4, 0.5) is 0 Å². The number of aliphatic carboxylic acids is 3. The van der Waals surface area contributed by atoms with E-state index < -0.39 is 42.1 Å². The summed E-state index contributed by atoms with van der Waals surface area (Å²) < 4.78 is 0. The number of aryl methyl sites for hydroxylation is 2. The molecule has 0 radical (unpaired) electrons. The number of Topliss-reactive ketones (excluding diaryl/α,β-unsaturated/α-hetero) is 3. The fourth-order valence-electron chi connectivity index (χ4n) is 6.55. The van der Waals surface area contributed by atoms with Crippen molar-refractivity contribution in [2.45, 2.75) is 103 Å². The molecule has 0 amide bonds. The lowest BCUT2D eigenvalue weighted by atomic mass is 10.0. The predicted octanol–water partition coefficient (Wildman–Crippen LogP) is 2.18. The molecule has 2 rings (SSSR count). The number of carbonyl (C=O) groups is 7. The van der Waals surface area contributed by atoms with Crippen LogP contribution in [0.15, 0.2) is 24.3 Å². The lowest BCUT2D eigenvalue weighted by molar-refractivity contribution is -0.147. The summed E-state index contributed by atoms with van der Waals surface area (Å²) in [6.45, 7) is 7.39. The van der Waals surface area contributed by atoms with Crippen molar-refractivity contribution in [3.8, 4) is 0 Å². The van der Waals surface area contributed by atoms with E-state index in [1.807, 2.05) is 36.1 Å². The van der Waals surface area contributed by atoms with Crippen LogP contribution < -0.4 is 0 Å². The molecular formula is C37H56N4O10. The summed E-state index contributed by atoms with van der Waals surface area (Å²) in [6.07, 6.45) is 2.03. The van der Waals surface area contributed by atoms with Crippen molar-refractivity contribution in [1.29, 1.82) is 0 Å². The van der Waals surface area contributed by atoms with Crippen LogP contribution in [-0.2, 0) is 40.0 Å². The molecule has 1 aliphatic rings. The second kappa shape index (κ2) is 22.2. The van der Waals surface area contributed by atoms with Crippen LogP contribution in [0, 0.1) is 6.92 Å². The van der Waals surface area contributed by atoms with Gasteiger partial charge in [-0.25, -0.2) is 0 Å². The maximum atomic E-state index is 12.8. The zero-order valence-corrected chi connectivity index (χ0v) is 30.5. The van der Waals surface area contributed by atoms with Crippen LogP contribution in [0.5, 0.6) is 0 Å². The molecule has 0 bridgehead atoms. The van der Waals surface area contributed by atoms with Gasteiger partial charge in [0.25, 0.3) is 0 Å². The standard InChI is InChI=1S/C37H56N4O10/c1-26-5-10-30(11-6-26)12-16-34(37(50)51)40-20-18-38(31(25-42)13-7-27(2)43)17-19-39(32(35(46)47)14-8-28(3)44)21-23-41(24-22-40)33(36(48)49)15-9-29(4)45/h5-6,10-11,25,31-34H,7-9,12-24H2,1-4H3,(H,46,47)(H,48,49)(H,50,51). The largest absolute Gasteiger partial charge is 0.480 e. The van der Waals surface area contributed by atoms with E-state index in [0.717, 1.165) is 17.4 Å². The third-order valence-corrected chi connectivity index (χ3v) is 9.66. The van der Waals surface area contributed by atoms with Crippen molar-refractivity contribution in [3.05, 3.63) is 35.4 Å². The molecule has 4 atom stereocenters. The molecule has 14 heteroatoms. The number of aldehydes is 1. The summed E-state index contributed by atoms with van der Waals surface area (Å²) in [4.78, 5) is 92.9. The minimum Gasteiger partial charge on any atom is -0.480 e. The highest BCUT2D eigenvalue weighted by molar-refractivity contribution is 5.79. The van der Waals surface area contributed by atoms with Gasteiger partial charge in [0.2, 0.25) is 0 Å². The van der Waals surface area contributed by atoms with Crippen LogP contribution in [0.3, 0.4) is 0 Å². The second-order valence-electron chi connectivity index (χ2n) is 13.7. The Morgan fingerprint density at radius 1 is 0.569 bits per heavy atom. The fraction of sp³-hybridized carbons (Fsp3) is 0.649. The van der Waals surface area contributed by atoms with Crippen molar-refractivity contribution in [1.82, 2.24) is 19.6 Å². The van der Waals surface area contributed by atoms with Crippen molar-refractivity contribution in [3.63, 3.8) is 0 Å². The minimum atomic E-state index is -1.15. The summed E-state index contributed by atoms with van der Waals surface area (Å²) in [5, 5.41) is 31.0. The third kappa shape index (κ3) is 15.5. The number of ketones is 3. The quantitative estimate of drug-likeness (QED) is 0.166. The first kappa shape index (κ1) is 43.3. The Morgan fingerprint density at radius 2 is 0.902 bits per heavy atom. The molecule has 0 aliphatic carbocycles. The number of hydrogen-bond donors (Lipinski definition) is 3. The second-order valence-corrected chi connectivity index (χ2v) is 13.7. The molecule has 0 saturated carbocycles. The monoisotopic (exact) mass is 716 g/mol. The van der Waals surface area contributed by atoms with E-state index in [0.29, 0.717) is 6.42 Å². The van der Waals surface area contributed by atoms with Gasteiger partial charge in [-0.15, -0.1) is 0 Å². The minimum absolute atomic E-state index is 0.0217. The summed E-state index contributed by atoms with van der Waals surface area (Å²) in [6, 6.07) is 4.06. The topological polar surface area (TPSA) is 193 Å². The molecular weight excluding hydrogens is 660 g/mol. The Labute approximate surface area is 300 Å². The van der Waals surface area contributed by atoms with Gasteiger partial charge >= 0.3 is 17.9 Å². The number of carbonyl (C=O) groups excluding carboxylic acids is 4. The van der Waals surface area contributed by atoms with E-state index in [-0.39, 0.29) is 115 Å². The van der Waals surface area contributed by atoms with E-state index in [2.05, 4.69) is 0 Å². The van der Waals surface area contributed by atoms with Crippen molar-refractivity contribution in [2.75, 3.05) is 52.4 Å². The van der Waals surface area contributed by atoms with Gasteiger partial charge in [0.05, 0.1) is 6.04 Å². The van der Waals surface area contributed by atoms with Crippen molar-refractivity contribution < 1.29 is 48.9 Å². The van der Waals surface area contributed by atoms with Gasteiger partial charge in [-0.3, -0.25) is 34.0 Å². The Kier molecular flexibility index (Phi) is 18.8. The molecule has 284 valence electrons. The highest BCUT2D eigenvalue weighted by atomic mass is 16.4. The van der Waals surface area contributed by atoms with Crippen LogP contribution in [-0.4, -0.2) is 153 Å². The number of carboxylic acid groups (broad SMARTS) is 3. The number of benzene rings is 1. The molecule has 1 aliphatic heterocycles. The predicted molar refractivity (Wildman–Crippen MR) is 190 cm³/mol. The molecule has 14 nitrogen and oxygen atoms in total. The fourth-order valence-corrected chi connectivity index (χ4v) is 6.55. The molecule has 1 saturated heterocycles. The van der Waals surface area contributed by atoms with Gasteiger partial charge < -0.3 is 34.5 Å². The first-order valence-electron chi connectivity index (χ1n) is 17.8. The maximum Gasteiger partial charge on any atom is 0.320 e. The summed E-state index contributed by atoms with van der Waals surface area (Å²) >= 11 is 0.